The molecular formula is C19H28O7. The Morgan fingerprint density at radius 1 is 1.00 bits per heavy atom. The molecule has 0 unspecified atom stereocenters. The molecule has 6 rings (SSSR count). The van der Waals surface area contributed by atoms with Crippen molar-refractivity contribution in [3.63, 3.8) is 0 Å². The van der Waals surface area contributed by atoms with Crippen LogP contribution in [0, 0.1) is 0 Å². The van der Waals surface area contributed by atoms with Crippen LogP contribution in [0.1, 0.15) is 51.9 Å². The lowest BCUT2D eigenvalue weighted by Gasteiger charge is -2.47. The zero-order valence-corrected chi connectivity index (χ0v) is 15.4. The van der Waals surface area contributed by atoms with Crippen molar-refractivity contribution >= 4 is 5.97 Å². The molecule has 146 valence electrons. The summed E-state index contributed by atoms with van der Waals surface area (Å²) >= 11 is 0. The van der Waals surface area contributed by atoms with E-state index in [4.69, 9.17) is 28.4 Å². The normalized spacial score (nSPS) is 51.2. The summed E-state index contributed by atoms with van der Waals surface area (Å²) in [5.41, 5.74) is 0. The molecule has 6 saturated heterocycles. The fourth-order valence-corrected chi connectivity index (χ4v) is 5.34. The van der Waals surface area contributed by atoms with Crippen molar-refractivity contribution in [1.29, 1.82) is 0 Å². The smallest absolute Gasteiger partial charge is 0.308 e. The van der Waals surface area contributed by atoms with Crippen molar-refractivity contribution in [2.24, 2.45) is 0 Å². The molecule has 0 aromatic carbocycles. The van der Waals surface area contributed by atoms with Crippen molar-refractivity contribution in [2.45, 2.75) is 106 Å². The standard InChI is InChI=1S/C19H28O7/c1-3-4-7-19-9-12-15(25-19)16-17(24-12)18(26-19)14-11(23-16)6-5-10(22-14)8-13(20)21-2/h10-12,14-18H,3-9H2,1-2H3/t10-,11+,12-,14+,15+,16+,17-,18+,19+/m1/s1. The van der Waals surface area contributed by atoms with Crippen LogP contribution >= 0.6 is 0 Å². The number of hydrogen-bond donors (Lipinski definition) is 0. The summed E-state index contributed by atoms with van der Waals surface area (Å²) in [5.74, 6) is -0.816. The molecule has 6 fully saturated rings. The molecule has 7 nitrogen and oxygen atoms in total. The highest BCUT2D eigenvalue weighted by molar-refractivity contribution is 5.69. The first-order valence-electron chi connectivity index (χ1n) is 10.0. The van der Waals surface area contributed by atoms with Gasteiger partial charge in [-0.1, -0.05) is 13.3 Å². The topological polar surface area (TPSA) is 72.5 Å². The summed E-state index contributed by atoms with van der Waals surface area (Å²) in [6.07, 6.45) is 4.92. The zero-order chi connectivity index (χ0) is 17.9. The second kappa shape index (κ2) is 6.41. The number of hydrogen-bond acceptors (Lipinski definition) is 7. The van der Waals surface area contributed by atoms with E-state index in [1.54, 1.807) is 0 Å². The van der Waals surface area contributed by atoms with Gasteiger partial charge in [-0.25, -0.2) is 0 Å². The first kappa shape index (κ1) is 17.4. The van der Waals surface area contributed by atoms with Crippen LogP contribution in [-0.4, -0.2) is 67.7 Å². The monoisotopic (exact) mass is 368 g/mol. The summed E-state index contributed by atoms with van der Waals surface area (Å²) in [5, 5.41) is 0. The van der Waals surface area contributed by atoms with Crippen LogP contribution in [-0.2, 0) is 33.2 Å². The fraction of sp³-hybridized carbons (Fsp3) is 0.947. The van der Waals surface area contributed by atoms with E-state index in [0.717, 1.165) is 38.5 Å². The zero-order valence-electron chi connectivity index (χ0n) is 15.4. The predicted molar refractivity (Wildman–Crippen MR) is 88.5 cm³/mol. The van der Waals surface area contributed by atoms with Gasteiger partial charge in [0.1, 0.15) is 30.5 Å². The van der Waals surface area contributed by atoms with Gasteiger partial charge in [-0.2, -0.15) is 0 Å². The molecule has 0 radical (unpaired) electrons. The maximum Gasteiger partial charge on any atom is 0.308 e. The van der Waals surface area contributed by atoms with Crippen LogP contribution in [0.15, 0.2) is 0 Å². The SMILES string of the molecule is CCCC[C@@]12C[C@H]3O[C@H]4[C@@H](O1)[C@H]1O[C@@H](CC(=O)OC)CC[C@@H]1O[C@H]4[C@H]3O2. The summed E-state index contributed by atoms with van der Waals surface area (Å²) < 4.78 is 36.7. The van der Waals surface area contributed by atoms with E-state index in [1.165, 1.54) is 7.11 Å². The lowest BCUT2D eigenvalue weighted by atomic mass is 9.87. The van der Waals surface area contributed by atoms with Crippen LogP contribution < -0.4 is 0 Å². The minimum absolute atomic E-state index is 0.0244. The van der Waals surface area contributed by atoms with E-state index in [9.17, 15) is 4.79 Å². The van der Waals surface area contributed by atoms with Gasteiger partial charge < -0.3 is 28.4 Å². The molecule has 0 spiro atoms. The van der Waals surface area contributed by atoms with Gasteiger partial charge in [0, 0.05) is 12.8 Å². The summed E-state index contributed by atoms with van der Waals surface area (Å²) in [4.78, 5) is 11.7. The fourth-order valence-electron chi connectivity index (χ4n) is 5.34. The number of ether oxygens (including phenoxy) is 6. The van der Waals surface area contributed by atoms with Crippen molar-refractivity contribution in [1.82, 2.24) is 0 Å². The van der Waals surface area contributed by atoms with Gasteiger partial charge in [0.2, 0.25) is 0 Å². The molecule has 6 aliphatic rings. The van der Waals surface area contributed by atoms with Gasteiger partial charge >= 0.3 is 5.97 Å². The number of esters is 1. The third-order valence-electron chi connectivity index (χ3n) is 6.56. The van der Waals surface area contributed by atoms with E-state index in [1.807, 2.05) is 0 Å². The first-order chi connectivity index (χ1) is 12.6. The third-order valence-corrected chi connectivity index (χ3v) is 6.56. The van der Waals surface area contributed by atoms with E-state index >= 15 is 0 Å². The van der Waals surface area contributed by atoms with Gasteiger partial charge in [-0.05, 0) is 19.3 Å². The number of unbranched alkanes of at least 4 members (excludes halogenated alkanes) is 1. The maximum absolute atomic E-state index is 11.7. The average molecular weight is 368 g/mol. The van der Waals surface area contributed by atoms with E-state index < -0.39 is 5.79 Å². The molecule has 6 heterocycles. The van der Waals surface area contributed by atoms with Gasteiger partial charge in [0.25, 0.3) is 0 Å². The van der Waals surface area contributed by atoms with Crippen LogP contribution in [0.4, 0.5) is 0 Å². The van der Waals surface area contributed by atoms with Crippen molar-refractivity contribution in [3.05, 3.63) is 0 Å². The molecule has 0 amide bonds. The highest BCUT2D eigenvalue weighted by atomic mass is 16.8. The van der Waals surface area contributed by atoms with Crippen molar-refractivity contribution in [3.8, 4) is 0 Å². The number of fused-ring (bicyclic) bond motifs is 1. The molecule has 6 bridgehead atoms. The molecule has 9 atom stereocenters. The highest BCUT2D eigenvalue weighted by Crippen LogP contribution is 2.53. The summed E-state index contributed by atoms with van der Waals surface area (Å²) in [7, 11) is 1.41. The molecule has 26 heavy (non-hydrogen) atoms. The summed E-state index contributed by atoms with van der Waals surface area (Å²) in [6, 6.07) is 0. The molecule has 0 aliphatic carbocycles. The minimum Gasteiger partial charge on any atom is -0.469 e. The van der Waals surface area contributed by atoms with Gasteiger partial charge in [0.15, 0.2) is 5.79 Å². The molecule has 0 aromatic heterocycles. The molecule has 0 aromatic rings. The first-order valence-corrected chi connectivity index (χ1v) is 10.0. The molecule has 0 N–H and O–H groups in total. The third kappa shape index (κ3) is 2.63. The average Bonchev–Trinajstić information content (AvgIpc) is 3.05. The van der Waals surface area contributed by atoms with Crippen LogP contribution in [0.3, 0.4) is 0 Å². The minimum atomic E-state index is -0.573. The van der Waals surface area contributed by atoms with Crippen molar-refractivity contribution in [2.75, 3.05) is 7.11 Å². The van der Waals surface area contributed by atoms with E-state index in [2.05, 4.69) is 6.92 Å². The lowest BCUT2D eigenvalue weighted by molar-refractivity contribution is -0.292. The Balaban J connectivity index is 1.38. The highest BCUT2D eigenvalue weighted by Gasteiger charge is 2.68. The Labute approximate surface area is 153 Å². The quantitative estimate of drug-likeness (QED) is 0.684. The van der Waals surface area contributed by atoms with Crippen LogP contribution in [0.5, 0.6) is 0 Å². The van der Waals surface area contributed by atoms with Crippen molar-refractivity contribution < 1.29 is 33.2 Å². The molecule has 0 saturated carbocycles. The Hall–Kier alpha value is -0.730. The number of rotatable bonds is 5. The van der Waals surface area contributed by atoms with Gasteiger partial charge in [-0.3, -0.25) is 4.79 Å². The molecule has 6 aliphatic heterocycles. The van der Waals surface area contributed by atoms with E-state index in [-0.39, 0.29) is 61.2 Å². The van der Waals surface area contributed by atoms with Crippen LogP contribution in [0.2, 0.25) is 0 Å². The second-order valence-electron chi connectivity index (χ2n) is 8.24. The predicted octanol–water partition coefficient (Wildman–Crippen LogP) is 1.71. The molecular weight excluding hydrogens is 340 g/mol. The van der Waals surface area contributed by atoms with Gasteiger partial charge in [0.05, 0.1) is 31.8 Å². The largest absolute Gasteiger partial charge is 0.469 e. The Morgan fingerprint density at radius 3 is 2.58 bits per heavy atom. The lowest BCUT2D eigenvalue weighted by Crippen LogP contribution is -2.61. The summed E-state index contributed by atoms with van der Waals surface area (Å²) in [6.45, 7) is 2.18. The number of carbonyl (C=O) groups excluding carboxylic acids is 1. The maximum atomic E-state index is 11.7. The Bertz CT molecular complexity index is 568. The Kier molecular flexibility index (Phi) is 4.29. The van der Waals surface area contributed by atoms with Crippen LogP contribution in [0.25, 0.3) is 0 Å². The van der Waals surface area contributed by atoms with Gasteiger partial charge in [-0.15, -0.1) is 0 Å². The van der Waals surface area contributed by atoms with E-state index in [0.29, 0.717) is 0 Å². The number of carbonyl (C=O) groups is 1. The number of methoxy groups -OCH3 is 1. The molecule has 7 heteroatoms. The Morgan fingerprint density at radius 2 is 1.77 bits per heavy atom. The second-order valence-corrected chi connectivity index (χ2v) is 8.24.